The molecule has 0 unspecified atom stereocenters. The molecule has 1 aromatic rings. The minimum atomic E-state index is -0.592. The maximum Gasteiger partial charge on any atom is 0.221 e. The monoisotopic (exact) mass is 270 g/mol. The Morgan fingerprint density at radius 1 is 1.26 bits per heavy atom. The highest BCUT2D eigenvalue weighted by Crippen LogP contribution is 2.08. The van der Waals surface area contributed by atoms with Gasteiger partial charge in [0.15, 0.2) is 0 Å². The highest BCUT2D eigenvalue weighted by atomic mass is 19.1. The number of hydrogen-bond acceptors (Lipinski definition) is 2. The number of rotatable bonds is 5. The van der Waals surface area contributed by atoms with E-state index in [1.165, 1.54) is 12.1 Å². The average molecular weight is 270 g/mol. The van der Waals surface area contributed by atoms with Crippen LogP contribution in [0.4, 0.5) is 8.78 Å². The van der Waals surface area contributed by atoms with Crippen molar-refractivity contribution in [2.75, 3.05) is 6.54 Å². The Morgan fingerprint density at radius 3 is 2.53 bits per heavy atom. The lowest BCUT2D eigenvalue weighted by molar-refractivity contribution is -0.122. The molecule has 1 aromatic carbocycles. The third kappa shape index (κ3) is 6.29. The first-order chi connectivity index (χ1) is 8.78. The number of halogens is 2. The molecule has 0 radical (unpaired) electrons. The van der Waals surface area contributed by atoms with E-state index in [-0.39, 0.29) is 18.0 Å². The van der Waals surface area contributed by atoms with Gasteiger partial charge in [0, 0.05) is 36.7 Å². The topological polar surface area (TPSA) is 41.1 Å². The fraction of sp³-hybridized carbons (Fsp3) is 0.500. The molecule has 5 heteroatoms. The van der Waals surface area contributed by atoms with Crippen LogP contribution in [0.15, 0.2) is 18.2 Å². The van der Waals surface area contributed by atoms with Gasteiger partial charge in [-0.25, -0.2) is 8.78 Å². The van der Waals surface area contributed by atoms with Gasteiger partial charge in [0.1, 0.15) is 11.6 Å². The third-order valence-corrected chi connectivity index (χ3v) is 2.37. The number of carbonyl (C=O) groups excluding carboxylic acids is 1. The van der Waals surface area contributed by atoms with E-state index in [1.54, 1.807) is 0 Å². The van der Waals surface area contributed by atoms with E-state index >= 15 is 0 Å². The maximum absolute atomic E-state index is 13.3. The van der Waals surface area contributed by atoms with Gasteiger partial charge in [-0.1, -0.05) is 6.07 Å². The van der Waals surface area contributed by atoms with Crippen LogP contribution in [-0.2, 0) is 11.3 Å². The Labute approximate surface area is 112 Å². The highest BCUT2D eigenvalue weighted by Gasteiger charge is 2.13. The fourth-order valence-electron chi connectivity index (χ4n) is 1.57. The normalized spacial score (nSPS) is 11.4. The first-order valence-corrected chi connectivity index (χ1v) is 6.23. The molecule has 19 heavy (non-hydrogen) atoms. The Balaban J connectivity index is 2.29. The zero-order chi connectivity index (χ0) is 14.5. The molecule has 0 aromatic heterocycles. The largest absolute Gasteiger partial charge is 0.351 e. The Bertz CT molecular complexity index is 442. The second kappa shape index (κ2) is 6.61. The second-order valence-electron chi connectivity index (χ2n) is 5.46. The number of benzene rings is 1. The summed E-state index contributed by atoms with van der Waals surface area (Å²) in [5, 5.41) is 5.79. The van der Waals surface area contributed by atoms with E-state index in [4.69, 9.17) is 0 Å². The summed E-state index contributed by atoms with van der Waals surface area (Å²) in [6.07, 6.45) is 0.320. The van der Waals surface area contributed by atoms with Crippen LogP contribution in [0.25, 0.3) is 0 Å². The van der Waals surface area contributed by atoms with Gasteiger partial charge < -0.3 is 10.6 Å². The van der Waals surface area contributed by atoms with Crippen molar-refractivity contribution >= 4 is 5.91 Å². The lowest BCUT2D eigenvalue weighted by Crippen LogP contribution is -2.41. The molecule has 1 rings (SSSR count). The lowest BCUT2D eigenvalue weighted by Gasteiger charge is -2.20. The van der Waals surface area contributed by atoms with Crippen molar-refractivity contribution < 1.29 is 13.6 Å². The molecular weight excluding hydrogens is 250 g/mol. The molecule has 0 saturated heterocycles. The van der Waals surface area contributed by atoms with E-state index in [2.05, 4.69) is 10.6 Å². The molecule has 0 bridgehead atoms. The minimum Gasteiger partial charge on any atom is -0.351 e. The Hall–Kier alpha value is -1.49. The minimum absolute atomic E-state index is 0.0559. The molecule has 0 saturated carbocycles. The standard InChI is InChI=1S/C14H20F2N2O/c1-14(2,3)18-13(19)6-7-17-9-10-4-5-11(15)8-12(10)16/h4-5,8,17H,6-7,9H2,1-3H3,(H,18,19). The van der Waals surface area contributed by atoms with Crippen LogP contribution in [0.1, 0.15) is 32.8 Å². The van der Waals surface area contributed by atoms with Gasteiger partial charge in [-0.15, -0.1) is 0 Å². The second-order valence-corrected chi connectivity index (χ2v) is 5.46. The molecule has 0 spiro atoms. The van der Waals surface area contributed by atoms with Gasteiger partial charge >= 0.3 is 0 Å². The molecule has 0 aliphatic heterocycles. The van der Waals surface area contributed by atoms with Crippen molar-refractivity contribution in [2.24, 2.45) is 0 Å². The molecule has 0 fully saturated rings. The number of amides is 1. The molecule has 106 valence electrons. The predicted octanol–water partition coefficient (Wildman–Crippen LogP) is 2.36. The van der Waals surface area contributed by atoms with Crippen molar-refractivity contribution in [3.63, 3.8) is 0 Å². The molecule has 2 N–H and O–H groups in total. The van der Waals surface area contributed by atoms with Crippen molar-refractivity contribution in [1.29, 1.82) is 0 Å². The van der Waals surface area contributed by atoms with Gasteiger partial charge in [-0.3, -0.25) is 4.79 Å². The van der Waals surface area contributed by atoms with Crippen molar-refractivity contribution in [1.82, 2.24) is 10.6 Å². The zero-order valence-corrected chi connectivity index (χ0v) is 11.5. The van der Waals surface area contributed by atoms with Crippen molar-refractivity contribution in [3.8, 4) is 0 Å². The summed E-state index contributed by atoms with van der Waals surface area (Å²) in [5.41, 5.74) is 0.137. The summed E-state index contributed by atoms with van der Waals surface area (Å²) in [4.78, 5) is 11.5. The average Bonchev–Trinajstić information content (AvgIpc) is 2.24. The SMILES string of the molecule is CC(C)(C)NC(=O)CCNCc1ccc(F)cc1F. The molecule has 0 aliphatic carbocycles. The quantitative estimate of drug-likeness (QED) is 0.806. The van der Waals surface area contributed by atoms with E-state index in [0.717, 1.165) is 6.07 Å². The van der Waals surface area contributed by atoms with Gasteiger partial charge in [0.25, 0.3) is 0 Å². The Morgan fingerprint density at radius 2 is 1.95 bits per heavy atom. The third-order valence-electron chi connectivity index (χ3n) is 2.37. The molecular formula is C14H20F2N2O. The number of carbonyl (C=O) groups is 1. The zero-order valence-electron chi connectivity index (χ0n) is 11.5. The van der Waals surface area contributed by atoms with E-state index < -0.39 is 11.6 Å². The van der Waals surface area contributed by atoms with Crippen molar-refractivity contribution in [3.05, 3.63) is 35.4 Å². The summed E-state index contributed by atoms with van der Waals surface area (Å²) >= 11 is 0. The first-order valence-electron chi connectivity index (χ1n) is 6.23. The van der Waals surface area contributed by atoms with E-state index in [1.807, 2.05) is 20.8 Å². The Kier molecular flexibility index (Phi) is 5.42. The number of hydrogen-bond donors (Lipinski definition) is 2. The van der Waals surface area contributed by atoms with Crippen LogP contribution in [0.3, 0.4) is 0 Å². The van der Waals surface area contributed by atoms with Gasteiger partial charge in [0.05, 0.1) is 0 Å². The van der Waals surface area contributed by atoms with E-state index in [0.29, 0.717) is 18.5 Å². The summed E-state index contributed by atoms with van der Waals surface area (Å²) in [6.45, 7) is 6.44. The smallest absolute Gasteiger partial charge is 0.221 e. The van der Waals surface area contributed by atoms with Gasteiger partial charge in [-0.05, 0) is 26.8 Å². The molecule has 0 heterocycles. The summed E-state index contributed by atoms with van der Waals surface area (Å²) in [5.74, 6) is -1.22. The van der Waals surface area contributed by atoms with Crippen LogP contribution >= 0.6 is 0 Å². The summed E-state index contributed by atoms with van der Waals surface area (Å²) in [6, 6.07) is 3.46. The van der Waals surface area contributed by atoms with E-state index in [9.17, 15) is 13.6 Å². The molecule has 0 atom stereocenters. The van der Waals surface area contributed by atoms with Crippen LogP contribution < -0.4 is 10.6 Å². The molecule has 1 amide bonds. The van der Waals surface area contributed by atoms with Crippen LogP contribution in [0.5, 0.6) is 0 Å². The van der Waals surface area contributed by atoms with Crippen molar-refractivity contribution in [2.45, 2.75) is 39.3 Å². The summed E-state index contributed by atoms with van der Waals surface area (Å²) in [7, 11) is 0. The van der Waals surface area contributed by atoms with Gasteiger partial charge in [0.2, 0.25) is 5.91 Å². The maximum atomic E-state index is 13.3. The fourth-order valence-corrected chi connectivity index (χ4v) is 1.57. The first kappa shape index (κ1) is 15.6. The van der Waals surface area contributed by atoms with Gasteiger partial charge in [-0.2, -0.15) is 0 Å². The van der Waals surface area contributed by atoms with Crippen LogP contribution in [0.2, 0.25) is 0 Å². The predicted molar refractivity (Wildman–Crippen MR) is 70.6 cm³/mol. The van der Waals surface area contributed by atoms with Crippen LogP contribution in [-0.4, -0.2) is 18.0 Å². The molecule has 0 aliphatic rings. The van der Waals surface area contributed by atoms with Crippen LogP contribution in [0, 0.1) is 11.6 Å². The molecule has 3 nitrogen and oxygen atoms in total. The summed E-state index contributed by atoms with van der Waals surface area (Å²) < 4.78 is 26.0. The highest BCUT2D eigenvalue weighted by molar-refractivity contribution is 5.76. The lowest BCUT2D eigenvalue weighted by atomic mass is 10.1. The number of nitrogens with one attached hydrogen (secondary N) is 2.